The third-order valence-corrected chi connectivity index (χ3v) is 6.46. The van der Waals surface area contributed by atoms with Crippen LogP contribution in [0.1, 0.15) is 51.2 Å². The Labute approximate surface area is 206 Å². The number of furan rings is 1. The van der Waals surface area contributed by atoms with E-state index < -0.39 is 6.04 Å². The minimum Gasteiger partial charge on any atom is -0.461 e. The first-order valence-electron chi connectivity index (χ1n) is 12.5. The lowest BCUT2D eigenvalue weighted by molar-refractivity contribution is -0.141. The number of anilines is 1. The Bertz CT molecular complexity index is 1130. The van der Waals surface area contributed by atoms with Gasteiger partial charge in [-0.05, 0) is 75.6 Å². The number of nitrogens with zero attached hydrogens (tertiary/aromatic N) is 4. The van der Waals surface area contributed by atoms with Crippen molar-refractivity contribution in [3.05, 3.63) is 30.0 Å². The maximum atomic E-state index is 13.4. The van der Waals surface area contributed by atoms with Crippen LogP contribution >= 0.6 is 0 Å². The Balaban J connectivity index is 1.47. The van der Waals surface area contributed by atoms with Crippen LogP contribution in [0.5, 0.6) is 0 Å². The summed E-state index contributed by atoms with van der Waals surface area (Å²) in [4.78, 5) is 34.5. The minimum absolute atomic E-state index is 0.00827. The summed E-state index contributed by atoms with van der Waals surface area (Å²) in [7, 11) is 0. The molecule has 2 fully saturated rings. The third-order valence-electron chi connectivity index (χ3n) is 6.46. The van der Waals surface area contributed by atoms with Crippen LogP contribution in [0, 0.1) is 24.3 Å². The van der Waals surface area contributed by atoms with Crippen molar-refractivity contribution >= 4 is 34.4 Å². The van der Waals surface area contributed by atoms with Gasteiger partial charge in [0.15, 0.2) is 6.19 Å². The number of aryl methyl sites for hydroxylation is 1. The smallest absolute Gasteiger partial charge is 0.247 e. The molecule has 1 unspecified atom stereocenters. The first-order chi connectivity index (χ1) is 17.0. The molecule has 35 heavy (non-hydrogen) atoms. The highest BCUT2D eigenvalue weighted by Crippen LogP contribution is 2.30. The normalized spacial score (nSPS) is 18.8. The van der Waals surface area contributed by atoms with Gasteiger partial charge in [0.25, 0.3) is 0 Å². The highest BCUT2D eigenvalue weighted by molar-refractivity contribution is 5.98. The van der Waals surface area contributed by atoms with Crippen molar-refractivity contribution in [1.29, 1.82) is 5.26 Å². The summed E-state index contributed by atoms with van der Waals surface area (Å²) in [6, 6.07) is 6.87. The summed E-state index contributed by atoms with van der Waals surface area (Å²) < 4.78 is 5.62. The SMILES string of the molecule is CCCN(CC1CC1)C(=O)CN1CCCCC(N=C(NC#N)Nc2ccc3oc(C)cc3c2)C1=O. The van der Waals surface area contributed by atoms with E-state index >= 15 is 0 Å². The maximum absolute atomic E-state index is 13.4. The predicted octanol–water partition coefficient (Wildman–Crippen LogP) is 3.61. The number of hydrogen-bond acceptors (Lipinski definition) is 5. The van der Waals surface area contributed by atoms with Crippen LogP contribution in [0.25, 0.3) is 11.0 Å². The Kier molecular flexibility index (Phi) is 7.91. The molecule has 1 saturated heterocycles. The monoisotopic (exact) mass is 478 g/mol. The number of fused-ring (bicyclic) bond motifs is 1. The molecule has 1 aromatic carbocycles. The Morgan fingerprint density at radius 2 is 2.11 bits per heavy atom. The van der Waals surface area contributed by atoms with Crippen LogP contribution in [0.2, 0.25) is 0 Å². The minimum atomic E-state index is -0.656. The van der Waals surface area contributed by atoms with Crippen LogP contribution < -0.4 is 10.6 Å². The molecule has 1 aromatic heterocycles. The third kappa shape index (κ3) is 6.53. The summed E-state index contributed by atoms with van der Waals surface area (Å²) in [6.07, 6.45) is 7.39. The molecule has 1 saturated carbocycles. The second-order valence-corrected chi connectivity index (χ2v) is 9.50. The number of likely N-dealkylation sites (tertiary alicyclic amines) is 1. The molecule has 2 amide bonds. The number of carbonyl (C=O) groups is 2. The van der Waals surface area contributed by atoms with Crippen LogP contribution in [-0.4, -0.2) is 59.8 Å². The van der Waals surface area contributed by atoms with E-state index in [4.69, 9.17) is 4.42 Å². The van der Waals surface area contributed by atoms with E-state index in [1.165, 1.54) is 12.8 Å². The van der Waals surface area contributed by atoms with E-state index in [9.17, 15) is 14.9 Å². The van der Waals surface area contributed by atoms with E-state index in [2.05, 4.69) is 22.5 Å². The van der Waals surface area contributed by atoms with Crippen molar-refractivity contribution in [3.63, 3.8) is 0 Å². The predicted molar refractivity (Wildman–Crippen MR) is 135 cm³/mol. The number of benzene rings is 1. The lowest BCUT2D eigenvalue weighted by Crippen LogP contribution is -2.46. The Morgan fingerprint density at radius 1 is 1.29 bits per heavy atom. The molecule has 0 radical (unpaired) electrons. The lowest BCUT2D eigenvalue weighted by Gasteiger charge is -2.27. The van der Waals surface area contributed by atoms with E-state index in [0.29, 0.717) is 18.9 Å². The molecule has 9 heteroatoms. The van der Waals surface area contributed by atoms with E-state index in [1.54, 1.807) is 4.90 Å². The molecular formula is C26H34N6O3. The maximum Gasteiger partial charge on any atom is 0.247 e. The average Bonchev–Trinajstić information content (AvgIpc) is 3.59. The summed E-state index contributed by atoms with van der Waals surface area (Å²) in [5.41, 5.74) is 1.50. The molecule has 1 aliphatic carbocycles. The van der Waals surface area contributed by atoms with Crippen molar-refractivity contribution in [2.24, 2.45) is 10.9 Å². The summed E-state index contributed by atoms with van der Waals surface area (Å²) in [6.45, 7) is 6.10. The second-order valence-electron chi connectivity index (χ2n) is 9.50. The van der Waals surface area contributed by atoms with Gasteiger partial charge in [-0.3, -0.25) is 14.9 Å². The van der Waals surface area contributed by atoms with Gasteiger partial charge in [-0.25, -0.2) is 4.99 Å². The highest BCUT2D eigenvalue weighted by Gasteiger charge is 2.31. The molecular weight excluding hydrogens is 444 g/mol. The zero-order valence-electron chi connectivity index (χ0n) is 20.5. The highest BCUT2D eigenvalue weighted by atomic mass is 16.3. The molecule has 2 N–H and O–H groups in total. The van der Waals surface area contributed by atoms with Gasteiger partial charge >= 0.3 is 0 Å². The van der Waals surface area contributed by atoms with Crippen molar-refractivity contribution in [3.8, 4) is 6.19 Å². The molecule has 2 heterocycles. The average molecular weight is 479 g/mol. The number of guanidine groups is 1. The molecule has 4 rings (SSSR count). The van der Waals surface area contributed by atoms with E-state index in [-0.39, 0.29) is 24.3 Å². The Morgan fingerprint density at radius 3 is 2.86 bits per heavy atom. The van der Waals surface area contributed by atoms with E-state index in [0.717, 1.165) is 54.8 Å². The van der Waals surface area contributed by atoms with Crippen molar-refractivity contribution in [1.82, 2.24) is 15.1 Å². The zero-order valence-corrected chi connectivity index (χ0v) is 20.5. The molecule has 2 aliphatic rings. The zero-order chi connectivity index (χ0) is 24.8. The Hall–Kier alpha value is -3.54. The number of rotatable bonds is 8. The van der Waals surface area contributed by atoms with Gasteiger partial charge < -0.3 is 19.5 Å². The first kappa shape index (κ1) is 24.6. The quantitative estimate of drug-likeness (QED) is 0.259. The lowest BCUT2D eigenvalue weighted by atomic mass is 10.1. The van der Waals surface area contributed by atoms with Gasteiger partial charge in [0.2, 0.25) is 17.8 Å². The summed E-state index contributed by atoms with van der Waals surface area (Å²) >= 11 is 0. The van der Waals surface area contributed by atoms with E-state index in [1.807, 2.05) is 42.3 Å². The number of nitriles is 1. The number of carbonyl (C=O) groups excluding carboxylic acids is 2. The van der Waals surface area contributed by atoms with Gasteiger partial charge in [-0.2, -0.15) is 5.26 Å². The number of amides is 2. The fourth-order valence-electron chi connectivity index (χ4n) is 4.52. The summed E-state index contributed by atoms with van der Waals surface area (Å²) in [5.74, 6) is 1.47. The molecule has 186 valence electrons. The topological polar surface area (TPSA) is 114 Å². The van der Waals surface area contributed by atoms with Gasteiger partial charge in [0.1, 0.15) is 17.4 Å². The number of aliphatic imine (C=N–C) groups is 1. The van der Waals surface area contributed by atoms with Crippen LogP contribution in [0.3, 0.4) is 0 Å². The molecule has 1 atom stereocenters. The standard InChI is InChI=1S/C26H34N6O3/c1-3-11-31(15-19-7-8-19)24(33)16-32-12-5-4-6-22(25(32)34)30-26(28-17-27)29-21-9-10-23-20(14-21)13-18(2)35-23/h9-10,13-14,19,22H,3-8,11-12,15-16H2,1-2H3,(H2,28,29,30). The van der Waals surface area contributed by atoms with Crippen molar-refractivity contribution in [2.75, 3.05) is 31.5 Å². The molecule has 9 nitrogen and oxygen atoms in total. The van der Waals surface area contributed by atoms with Crippen molar-refractivity contribution < 1.29 is 14.0 Å². The van der Waals surface area contributed by atoms with Crippen molar-refractivity contribution in [2.45, 2.75) is 58.4 Å². The molecule has 1 aliphatic heterocycles. The number of nitrogens with one attached hydrogen (secondary N) is 2. The fourth-order valence-corrected chi connectivity index (χ4v) is 4.52. The van der Waals surface area contributed by atoms with Gasteiger partial charge in [-0.1, -0.05) is 6.92 Å². The molecule has 0 bridgehead atoms. The van der Waals surface area contributed by atoms with Crippen LogP contribution in [0.15, 0.2) is 33.7 Å². The number of hydrogen-bond donors (Lipinski definition) is 2. The second kappa shape index (κ2) is 11.3. The summed E-state index contributed by atoms with van der Waals surface area (Å²) in [5, 5.41) is 15.9. The van der Waals surface area contributed by atoms with Gasteiger partial charge in [0, 0.05) is 30.7 Å². The molecule has 2 aromatic rings. The van der Waals surface area contributed by atoms with Gasteiger partial charge in [0.05, 0.1) is 6.54 Å². The fraction of sp³-hybridized carbons (Fsp3) is 0.538. The first-order valence-corrected chi connectivity index (χ1v) is 12.5. The van der Waals surface area contributed by atoms with Gasteiger partial charge in [-0.15, -0.1) is 0 Å². The molecule has 0 spiro atoms. The van der Waals surface area contributed by atoms with Crippen LogP contribution in [-0.2, 0) is 9.59 Å². The van der Waals surface area contributed by atoms with Crippen LogP contribution in [0.4, 0.5) is 5.69 Å². The largest absolute Gasteiger partial charge is 0.461 e.